The largest absolute Gasteiger partial charge is 0.361 e. The third-order valence-electron chi connectivity index (χ3n) is 3.74. The predicted molar refractivity (Wildman–Crippen MR) is 85.7 cm³/mol. The minimum absolute atomic E-state index is 0.0503. The van der Waals surface area contributed by atoms with E-state index in [1.54, 1.807) is 13.0 Å². The zero-order chi connectivity index (χ0) is 18.7. The van der Waals surface area contributed by atoms with Gasteiger partial charge in [0, 0.05) is 25.5 Å². The number of imide groups is 1. The average molecular weight is 383 g/mol. The van der Waals surface area contributed by atoms with Crippen molar-refractivity contribution in [3.63, 3.8) is 0 Å². The number of carbonyl (C=O) groups excluding carboxylic acids is 2. The summed E-state index contributed by atoms with van der Waals surface area (Å²) in [7, 11) is -3.74. The number of piperidine rings is 1. The van der Waals surface area contributed by atoms with Crippen LogP contribution in [0.4, 0.5) is 0 Å². The molecule has 0 bridgehead atoms. The molecule has 0 unspecified atom stereocenters. The van der Waals surface area contributed by atoms with Crippen LogP contribution in [0.1, 0.15) is 30.9 Å². The molecule has 2 aromatic rings. The van der Waals surface area contributed by atoms with Crippen molar-refractivity contribution in [2.75, 3.05) is 12.3 Å². The normalized spacial score (nSPS) is 15.7. The van der Waals surface area contributed by atoms with E-state index in [0.29, 0.717) is 17.9 Å². The Labute approximate surface area is 148 Å². The van der Waals surface area contributed by atoms with Crippen molar-refractivity contribution < 1.29 is 27.1 Å². The van der Waals surface area contributed by atoms with Gasteiger partial charge < -0.3 is 9.05 Å². The highest BCUT2D eigenvalue weighted by Gasteiger charge is 2.27. The van der Waals surface area contributed by atoms with E-state index < -0.39 is 15.8 Å². The average Bonchev–Trinajstić information content (AvgIpc) is 3.21. The Morgan fingerprint density at radius 3 is 2.58 bits per heavy atom. The van der Waals surface area contributed by atoms with Crippen LogP contribution in [0.25, 0.3) is 11.5 Å². The van der Waals surface area contributed by atoms with Gasteiger partial charge in [-0.05, 0) is 13.3 Å². The van der Waals surface area contributed by atoms with Gasteiger partial charge in [0.15, 0.2) is 5.69 Å². The van der Waals surface area contributed by atoms with E-state index in [1.165, 1.54) is 0 Å². The summed E-state index contributed by atoms with van der Waals surface area (Å²) in [4.78, 5) is 28.4. The fourth-order valence-corrected chi connectivity index (χ4v) is 3.32. The molecule has 3 heterocycles. The summed E-state index contributed by atoms with van der Waals surface area (Å²) in [6, 6.07) is 1.62. The van der Waals surface area contributed by atoms with Crippen molar-refractivity contribution in [1.82, 2.24) is 24.9 Å². The van der Waals surface area contributed by atoms with Crippen molar-refractivity contribution in [2.45, 2.75) is 32.7 Å². The fraction of sp³-hybridized carbons (Fsp3) is 0.500. The van der Waals surface area contributed by atoms with Gasteiger partial charge in [0.2, 0.25) is 33.6 Å². The van der Waals surface area contributed by atoms with Gasteiger partial charge in [-0.25, -0.2) is 13.1 Å². The first-order valence-corrected chi connectivity index (χ1v) is 9.56. The Hall–Kier alpha value is -2.60. The van der Waals surface area contributed by atoms with Crippen molar-refractivity contribution in [3.05, 3.63) is 17.7 Å². The summed E-state index contributed by atoms with van der Waals surface area (Å²) in [5.74, 6) is -0.279. The second-order valence-electron chi connectivity index (χ2n) is 5.77. The maximum Gasteiger partial charge on any atom is 0.242 e. The molecule has 0 saturated carbocycles. The summed E-state index contributed by atoms with van der Waals surface area (Å²) in [6.45, 7) is 1.32. The van der Waals surface area contributed by atoms with Crippen LogP contribution in [0.15, 0.2) is 15.1 Å². The summed E-state index contributed by atoms with van der Waals surface area (Å²) in [6.07, 6.45) is 1.01. The lowest BCUT2D eigenvalue weighted by molar-refractivity contribution is -0.147. The summed E-state index contributed by atoms with van der Waals surface area (Å²) >= 11 is 0. The number of carbonyl (C=O) groups is 2. The number of hydrogen-bond acceptors (Lipinski definition) is 9. The second kappa shape index (κ2) is 7.33. The molecule has 0 aromatic carbocycles. The van der Waals surface area contributed by atoms with E-state index in [4.69, 9.17) is 9.05 Å². The molecule has 0 aliphatic carbocycles. The minimum Gasteiger partial charge on any atom is -0.361 e. The van der Waals surface area contributed by atoms with Crippen molar-refractivity contribution >= 4 is 21.8 Å². The van der Waals surface area contributed by atoms with Crippen LogP contribution < -0.4 is 4.72 Å². The first kappa shape index (κ1) is 18.2. The van der Waals surface area contributed by atoms with E-state index in [-0.39, 0.29) is 49.5 Å². The minimum atomic E-state index is -3.74. The van der Waals surface area contributed by atoms with Crippen LogP contribution in [0.2, 0.25) is 0 Å². The molecule has 2 amide bonds. The Balaban J connectivity index is 1.54. The highest BCUT2D eigenvalue weighted by atomic mass is 32.2. The third-order valence-corrected chi connectivity index (χ3v) is 5.04. The van der Waals surface area contributed by atoms with Gasteiger partial charge in [0.1, 0.15) is 5.76 Å². The molecule has 1 N–H and O–H groups in total. The molecule has 1 aliphatic rings. The number of likely N-dealkylation sites (tertiary alicyclic amines) is 1. The van der Waals surface area contributed by atoms with Gasteiger partial charge in [-0.1, -0.05) is 10.3 Å². The van der Waals surface area contributed by atoms with E-state index >= 15 is 0 Å². The molecule has 12 heteroatoms. The Kier molecular flexibility index (Phi) is 5.13. The van der Waals surface area contributed by atoms with Crippen molar-refractivity contribution in [3.8, 4) is 11.5 Å². The zero-order valence-corrected chi connectivity index (χ0v) is 14.8. The Bertz CT molecular complexity index is 902. The van der Waals surface area contributed by atoms with Gasteiger partial charge in [0.05, 0.1) is 12.3 Å². The summed E-state index contributed by atoms with van der Waals surface area (Å²) < 4.78 is 36.3. The molecular formula is C14H17N5O6S. The van der Waals surface area contributed by atoms with Gasteiger partial charge >= 0.3 is 0 Å². The number of aryl methyl sites for hydroxylation is 1. The zero-order valence-electron chi connectivity index (χ0n) is 14.0. The molecule has 1 aliphatic heterocycles. The lowest BCUT2D eigenvalue weighted by Crippen LogP contribution is -2.43. The number of sulfonamides is 1. The molecule has 1 saturated heterocycles. The molecule has 26 heavy (non-hydrogen) atoms. The predicted octanol–water partition coefficient (Wildman–Crippen LogP) is -0.00848. The van der Waals surface area contributed by atoms with E-state index in [0.717, 1.165) is 4.90 Å². The number of hydrogen-bond donors (Lipinski definition) is 1. The number of amides is 2. The fourth-order valence-electron chi connectivity index (χ4n) is 2.41. The summed E-state index contributed by atoms with van der Waals surface area (Å²) in [5.41, 5.74) is 0.377. The standard InChI is InChI=1S/C14H17N5O6S/c1-9-7-10(17-24-9)14-16-11(25-18-14)8-15-26(22,23)6-5-19-12(20)3-2-4-13(19)21/h7,15H,2-6,8H2,1H3. The molecule has 2 aromatic heterocycles. The molecular weight excluding hydrogens is 366 g/mol. The SMILES string of the molecule is Cc1cc(-c2noc(CNS(=O)(=O)CCN3C(=O)CCCC3=O)n2)no1. The summed E-state index contributed by atoms with van der Waals surface area (Å²) in [5, 5.41) is 7.43. The number of aromatic nitrogens is 3. The lowest BCUT2D eigenvalue weighted by Gasteiger charge is -2.24. The quantitative estimate of drug-likeness (QED) is 0.651. The molecule has 11 nitrogen and oxygen atoms in total. The van der Waals surface area contributed by atoms with Gasteiger partial charge in [-0.15, -0.1) is 0 Å². The number of rotatable bonds is 7. The van der Waals surface area contributed by atoms with Gasteiger partial charge in [-0.3, -0.25) is 14.5 Å². The van der Waals surface area contributed by atoms with E-state index in [9.17, 15) is 18.0 Å². The van der Waals surface area contributed by atoms with Gasteiger partial charge in [-0.2, -0.15) is 4.98 Å². The highest BCUT2D eigenvalue weighted by Crippen LogP contribution is 2.15. The smallest absolute Gasteiger partial charge is 0.242 e. The van der Waals surface area contributed by atoms with E-state index in [2.05, 4.69) is 20.0 Å². The van der Waals surface area contributed by atoms with Crippen LogP contribution in [-0.4, -0.2) is 52.7 Å². The van der Waals surface area contributed by atoms with Gasteiger partial charge in [0.25, 0.3) is 0 Å². The van der Waals surface area contributed by atoms with Crippen LogP contribution in [0.3, 0.4) is 0 Å². The van der Waals surface area contributed by atoms with Crippen LogP contribution in [-0.2, 0) is 26.2 Å². The van der Waals surface area contributed by atoms with Crippen LogP contribution >= 0.6 is 0 Å². The molecule has 0 radical (unpaired) electrons. The Morgan fingerprint density at radius 2 is 1.92 bits per heavy atom. The third kappa shape index (κ3) is 4.32. The maximum atomic E-state index is 12.1. The molecule has 3 rings (SSSR count). The Morgan fingerprint density at radius 1 is 1.19 bits per heavy atom. The number of nitrogens with one attached hydrogen (secondary N) is 1. The molecule has 0 spiro atoms. The monoisotopic (exact) mass is 383 g/mol. The molecule has 1 fully saturated rings. The lowest BCUT2D eigenvalue weighted by atomic mass is 10.1. The topological polar surface area (TPSA) is 148 Å². The highest BCUT2D eigenvalue weighted by molar-refractivity contribution is 7.89. The first-order chi connectivity index (χ1) is 12.3. The number of nitrogens with zero attached hydrogens (tertiary/aromatic N) is 4. The maximum absolute atomic E-state index is 12.1. The van der Waals surface area contributed by atoms with E-state index in [1.807, 2.05) is 0 Å². The second-order valence-corrected chi connectivity index (χ2v) is 7.69. The first-order valence-electron chi connectivity index (χ1n) is 7.91. The molecule has 0 atom stereocenters. The van der Waals surface area contributed by atoms with Crippen LogP contribution in [0.5, 0.6) is 0 Å². The van der Waals surface area contributed by atoms with Crippen molar-refractivity contribution in [2.24, 2.45) is 0 Å². The van der Waals surface area contributed by atoms with Crippen LogP contribution in [0, 0.1) is 6.92 Å². The van der Waals surface area contributed by atoms with Crippen molar-refractivity contribution in [1.29, 1.82) is 0 Å². The molecule has 140 valence electrons.